The van der Waals surface area contributed by atoms with Gasteiger partial charge in [-0.15, -0.1) is 0 Å². The van der Waals surface area contributed by atoms with Crippen molar-refractivity contribution in [2.45, 2.75) is 63.7 Å². The number of aliphatic hydroxyl groups is 1. The van der Waals surface area contributed by atoms with Crippen LogP contribution in [0, 0.1) is 23.7 Å². The van der Waals surface area contributed by atoms with E-state index in [0.717, 1.165) is 35.4 Å². The number of hydrogen-bond donors (Lipinski definition) is 1. The van der Waals surface area contributed by atoms with Gasteiger partial charge in [-0.25, -0.2) is 19.2 Å². The van der Waals surface area contributed by atoms with Crippen molar-refractivity contribution in [2.24, 2.45) is 11.3 Å². The third-order valence-electron chi connectivity index (χ3n) is 9.02. The molecule has 1 N–H and O–H groups in total. The van der Waals surface area contributed by atoms with Gasteiger partial charge < -0.3 is 9.90 Å². The van der Waals surface area contributed by atoms with Crippen LogP contribution in [-0.4, -0.2) is 32.4 Å². The number of hydrogen-bond acceptors (Lipinski definition) is 5. The summed E-state index contributed by atoms with van der Waals surface area (Å²) in [5.41, 5.74) is 2.97. The van der Waals surface area contributed by atoms with Crippen LogP contribution in [0.4, 0.5) is 4.39 Å². The van der Waals surface area contributed by atoms with E-state index in [9.17, 15) is 9.90 Å². The lowest BCUT2D eigenvalue weighted by molar-refractivity contribution is -0.130. The van der Waals surface area contributed by atoms with E-state index in [4.69, 9.17) is 16.5 Å². The van der Waals surface area contributed by atoms with Crippen molar-refractivity contribution in [3.8, 4) is 22.6 Å². The smallest absolute Gasteiger partial charge is 0.226 e. The van der Waals surface area contributed by atoms with Gasteiger partial charge in [0.05, 0.1) is 18.0 Å². The number of benzene rings is 1. The van der Waals surface area contributed by atoms with Crippen LogP contribution in [0.2, 0.25) is 0 Å². The summed E-state index contributed by atoms with van der Waals surface area (Å²) in [6.07, 6.45) is 8.02. The monoisotopic (exact) mass is 522 g/mol. The summed E-state index contributed by atoms with van der Waals surface area (Å²) < 4.78 is 15.2. The first-order valence-corrected chi connectivity index (χ1v) is 13.7. The van der Waals surface area contributed by atoms with Crippen LogP contribution in [-0.2, 0) is 16.6 Å². The van der Waals surface area contributed by atoms with Crippen LogP contribution < -0.4 is 0 Å². The molecule has 6 nitrogen and oxygen atoms in total. The van der Waals surface area contributed by atoms with Gasteiger partial charge >= 0.3 is 0 Å². The minimum atomic E-state index is -0.817. The van der Waals surface area contributed by atoms with Crippen molar-refractivity contribution < 1.29 is 14.3 Å². The largest absolute Gasteiger partial charge is 0.396 e. The number of Topliss-reactive ketones (excluding diaryl/α,β-unsaturated/α-hetero) is 1. The summed E-state index contributed by atoms with van der Waals surface area (Å²) in [7, 11) is 0. The Labute approximate surface area is 227 Å². The van der Waals surface area contributed by atoms with Gasteiger partial charge in [0.2, 0.25) is 5.70 Å². The molecular formula is C32H31FN4O2. The first kappa shape index (κ1) is 25.5. The van der Waals surface area contributed by atoms with Crippen molar-refractivity contribution >= 4 is 5.78 Å². The predicted molar refractivity (Wildman–Crippen MR) is 146 cm³/mol. The molecule has 39 heavy (non-hydrogen) atoms. The minimum absolute atomic E-state index is 0.0188. The Hall–Kier alpha value is -3.76. The predicted octanol–water partition coefficient (Wildman–Crippen LogP) is 6.21. The van der Waals surface area contributed by atoms with Crippen LogP contribution in [0.1, 0.15) is 68.8 Å². The van der Waals surface area contributed by atoms with E-state index in [0.29, 0.717) is 48.7 Å². The number of nitrogens with zero attached hydrogens (tertiary/aromatic N) is 4. The second kappa shape index (κ2) is 9.46. The van der Waals surface area contributed by atoms with Gasteiger partial charge in [-0.05, 0) is 68.7 Å². The first-order valence-electron chi connectivity index (χ1n) is 13.7. The van der Waals surface area contributed by atoms with Gasteiger partial charge in [0, 0.05) is 51.9 Å². The van der Waals surface area contributed by atoms with Crippen LogP contribution >= 0.6 is 0 Å². The number of carbonyl (C=O) groups is 1. The minimum Gasteiger partial charge on any atom is -0.396 e. The molecule has 0 unspecified atom stereocenters. The lowest BCUT2D eigenvalue weighted by atomic mass is 9.51. The Morgan fingerprint density at radius 3 is 2.67 bits per heavy atom. The SMILES string of the molecule is [C-]#[N+]C1=C[C@@]2(C)c3nc(-c4ccnc(C5CC5)c4)nc(-c4ccccc4F)c3CC[C@@H]2[C@@](C)(CCCO)C1=O. The zero-order valence-electron chi connectivity index (χ0n) is 22.2. The van der Waals surface area contributed by atoms with Gasteiger partial charge in [0.15, 0.2) is 11.6 Å². The second-order valence-corrected chi connectivity index (χ2v) is 11.5. The lowest BCUT2D eigenvalue weighted by Crippen LogP contribution is -2.52. The quantitative estimate of drug-likeness (QED) is 0.390. The fourth-order valence-corrected chi connectivity index (χ4v) is 6.88. The third kappa shape index (κ3) is 4.09. The van der Waals surface area contributed by atoms with Gasteiger partial charge in [0.1, 0.15) is 5.82 Å². The van der Waals surface area contributed by atoms with Crippen LogP contribution in [0.15, 0.2) is 54.4 Å². The highest BCUT2D eigenvalue weighted by Crippen LogP contribution is 2.57. The van der Waals surface area contributed by atoms with E-state index in [1.807, 2.05) is 19.1 Å². The van der Waals surface area contributed by atoms with Crippen molar-refractivity contribution in [1.29, 1.82) is 0 Å². The Kier molecular flexibility index (Phi) is 6.19. The van der Waals surface area contributed by atoms with E-state index in [-0.39, 0.29) is 29.8 Å². The van der Waals surface area contributed by atoms with Crippen molar-refractivity contribution in [3.63, 3.8) is 0 Å². The molecule has 0 saturated heterocycles. The zero-order valence-corrected chi connectivity index (χ0v) is 22.2. The Morgan fingerprint density at radius 1 is 1.15 bits per heavy atom. The maximum absolute atomic E-state index is 15.2. The lowest BCUT2D eigenvalue weighted by Gasteiger charge is -2.52. The Morgan fingerprint density at radius 2 is 1.95 bits per heavy atom. The summed E-state index contributed by atoms with van der Waals surface area (Å²) in [6, 6.07) is 10.6. The molecule has 0 bridgehead atoms. The van der Waals surface area contributed by atoms with E-state index < -0.39 is 10.8 Å². The van der Waals surface area contributed by atoms with Crippen molar-refractivity contribution in [2.75, 3.05) is 6.61 Å². The standard InChI is InChI=1S/C32H31FN4O2/c1-31(14-6-16-38)26-12-11-22-27(21-7-4-5-8-23(21)33)36-30(20-13-15-35-24(17-20)19-9-10-19)37-28(22)32(26,2)18-25(34-3)29(31)39/h4-5,7-8,13,15,17-19,26,38H,6,9-12,14,16H2,1-2H3/t26-,31-,32-/m1/s1. The topological polar surface area (TPSA) is 80.3 Å². The van der Waals surface area contributed by atoms with Gasteiger partial charge in [0.25, 0.3) is 0 Å². The molecular weight excluding hydrogens is 491 g/mol. The van der Waals surface area contributed by atoms with Gasteiger partial charge in [-0.1, -0.05) is 32.1 Å². The summed E-state index contributed by atoms with van der Waals surface area (Å²) in [6.45, 7) is 11.8. The molecule has 0 spiro atoms. The first-order chi connectivity index (χ1) is 18.8. The van der Waals surface area contributed by atoms with E-state index in [1.165, 1.54) is 6.07 Å². The van der Waals surface area contributed by atoms with E-state index >= 15 is 4.39 Å². The molecule has 0 radical (unpaired) electrons. The summed E-state index contributed by atoms with van der Waals surface area (Å²) in [4.78, 5) is 31.9. The number of ketones is 1. The maximum Gasteiger partial charge on any atom is 0.226 e. The fourth-order valence-electron chi connectivity index (χ4n) is 6.88. The van der Waals surface area contributed by atoms with Gasteiger partial charge in [-0.3, -0.25) is 4.98 Å². The number of allylic oxidation sites excluding steroid dienone is 2. The number of halogens is 1. The highest BCUT2D eigenvalue weighted by Gasteiger charge is 2.56. The Balaban J connectivity index is 1.61. The molecule has 7 heteroatoms. The number of carbonyl (C=O) groups excluding carboxylic acids is 1. The average Bonchev–Trinajstić information content (AvgIpc) is 3.80. The highest BCUT2D eigenvalue weighted by molar-refractivity contribution is 6.03. The molecule has 0 amide bonds. The third-order valence-corrected chi connectivity index (χ3v) is 9.02. The highest BCUT2D eigenvalue weighted by atomic mass is 19.1. The molecule has 1 saturated carbocycles. The summed E-state index contributed by atoms with van der Waals surface area (Å²) in [5, 5.41) is 9.61. The summed E-state index contributed by atoms with van der Waals surface area (Å²) >= 11 is 0. The molecule has 6 rings (SSSR count). The number of aromatic nitrogens is 3. The molecule has 0 aliphatic heterocycles. The van der Waals surface area contributed by atoms with E-state index in [2.05, 4.69) is 16.8 Å². The van der Waals surface area contributed by atoms with Crippen molar-refractivity contribution in [3.05, 3.63) is 88.6 Å². The van der Waals surface area contributed by atoms with E-state index in [1.54, 1.807) is 30.5 Å². The molecule has 198 valence electrons. The summed E-state index contributed by atoms with van der Waals surface area (Å²) in [5.74, 6) is 0.302. The zero-order chi connectivity index (χ0) is 27.4. The molecule has 3 atom stereocenters. The maximum atomic E-state index is 15.2. The molecule has 3 aliphatic rings. The number of fused-ring (bicyclic) bond motifs is 3. The fraction of sp³-hybridized carbons (Fsp3) is 0.406. The number of rotatable bonds is 6. The molecule has 1 fully saturated rings. The van der Waals surface area contributed by atoms with Crippen molar-refractivity contribution in [1.82, 2.24) is 15.0 Å². The van der Waals surface area contributed by atoms with Gasteiger partial charge in [-0.2, -0.15) is 0 Å². The Bertz CT molecular complexity index is 1560. The molecule has 1 aromatic carbocycles. The molecule has 2 heterocycles. The number of pyridine rings is 1. The number of aliphatic hydroxyl groups excluding tert-OH is 1. The van der Waals surface area contributed by atoms with Crippen LogP contribution in [0.5, 0.6) is 0 Å². The average molecular weight is 523 g/mol. The molecule has 2 aromatic heterocycles. The molecule has 3 aromatic rings. The molecule has 3 aliphatic carbocycles. The normalized spacial score (nSPS) is 25.9. The second-order valence-electron chi connectivity index (χ2n) is 11.5. The van der Waals surface area contributed by atoms with Crippen LogP contribution in [0.3, 0.4) is 0 Å². The van der Waals surface area contributed by atoms with Crippen LogP contribution in [0.25, 0.3) is 27.5 Å².